The molecular weight excluding hydrogens is 330 g/mol. The van der Waals surface area contributed by atoms with Gasteiger partial charge in [0.15, 0.2) is 0 Å². The normalized spacial score (nSPS) is 13.7. The zero-order valence-electron chi connectivity index (χ0n) is 17.1. The van der Waals surface area contributed by atoms with E-state index in [1.165, 1.54) is 39.0 Å². The minimum absolute atomic E-state index is 0.981. The minimum Gasteiger partial charge on any atom is -0.367 e. The molecule has 0 unspecified atom stereocenters. The molecule has 2 aromatic carbocycles. The molecule has 1 aromatic heterocycles. The highest BCUT2D eigenvalue weighted by atomic mass is 15.1. The molecule has 140 valence electrons. The maximum absolute atomic E-state index is 4.64. The van der Waals surface area contributed by atoms with Crippen LogP contribution in [0.15, 0.2) is 41.4 Å². The molecule has 0 saturated heterocycles. The van der Waals surface area contributed by atoms with Crippen LogP contribution in [0.25, 0.3) is 10.9 Å². The van der Waals surface area contributed by atoms with Crippen molar-refractivity contribution >= 4 is 28.0 Å². The van der Waals surface area contributed by atoms with Crippen LogP contribution in [0.3, 0.4) is 0 Å². The third-order valence-electron chi connectivity index (χ3n) is 5.77. The Bertz CT molecular complexity index is 1040. The van der Waals surface area contributed by atoms with Crippen molar-refractivity contribution in [2.45, 2.75) is 47.1 Å². The van der Waals surface area contributed by atoms with Gasteiger partial charge in [-0.05, 0) is 68.7 Å². The van der Waals surface area contributed by atoms with Crippen molar-refractivity contribution in [2.75, 3.05) is 11.4 Å². The minimum atomic E-state index is 0.981. The van der Waals surface area contributed by atoms with E-state index in [2.05, 4.69) is 71.8 Å². The molecule has 0 atom stereocenters. The molecule has 3 aromatic rings. The molecule has 2 heterocycles. The summed E-state index contributed by atoms with van der Waals surface area (Å²) in [6.45, 7) is 10.5. The highest BCUT2D eigenvalue weighted by Gasteiger charge is 2.23. The van der Waals surface area contributed by atoms with E-state index in [1.54, 1.807) is 0 Å². The van der Waals surface area contributed by atoms with Gasteiger partial charge in [-0.3, -0.25) is 4.99 Å². The second kappa shape index (κ2) is 6.88. The third-order valence-corrected chi connectivity index (χ3v) is 5.77. The molecule has 0 spiro atoms. The van der Waals surface area contributed by atoms with Gasteiger partial charge < -0.3 is 9.47 Å². The van der Waals surface area contributed by atoms with Crippen molar-refractivity contribution in [1.82, 2.24) is 4.57 Å². The van der Waals surface area contributed by atoms with Crippen LogP contribution in [0.2, 0.25) is 0 Å². The second-order valence-corrected chi connectivity index (χ2v) is 7.89. The molecule has 0 saturated carbocycles. The monoisotopic (exact) mass is 359 g/mol. The Morgan fingerprint density at radius 2 is 1.93 bits per heavy atom. The molecule has 0 bridgehead atoms. The molecule has 0 radical (unpaired) electrons. The number of rotatable bonds is 3. The van der Waals surface area contributed by atoms with Gasteiger partial charge in [-0.15, -0.1) is 0 Å². The standard InChI is InChI=1S/C24H29N3/c1-6-18-7-10-23-20(14-18)21-15-27(12-11-24(21)26(23)5)19-8-9-22(17(4)13-19)25-16(2)3/h7-10,13-14H,6,11-12,15H2,1-5H3. The fourth-order valence-corrected chi connectivity index (χ4v) is 4.27. The quantitative estimate of drug-likeness (QED) is 0.547. The molecule has 1 aliphatic heterocycles. The lowest BCUT2D eigenvalue weighted by molar-refractivity contribution is 0.694. The van der Waals surface area contributed by atoms with Crippen LogP contribution in [0.4, 0.5) is 11.4 Å². The van der Waals surface area contributed by atoms with E-state index >= 15 is 0 Å². The number of aryl methyl sites for hydroxylation is 3. The molecular formula is C24H29N3. The molecule has 1 aliphatic rings. The van der Waals surface area contributed by atoms with E-state index in [4.69, 9.17) is 0 Å². The lowest BCUT2D eigenvalue weighted by Gasteiger charge is -2.30. The number of fused-ring (bicyclic) bond motifs is 3. The number of benzene rings is 2. The van der Waals surface area contributed by atoms with Crippen LogP contribution in [0.5, 0.6) is 0 Å². The third kappa shape index (κ3) is 3.16. The fourth-order valence-electron chi connectivity index (χ4n) is 4.27. The summed E-state index contributed by atoms with van der Waals surface area (Å²) < 4.78 is 2.40. The summed E-state index contributed by atoms with van der Waals surface area (Å²) in [5.74, 6) is 0. The molecule has 3 nitrogen and oxygen atoms in total. The summed E-state index contributed by atoms with van der Waals surface area (Å²) in [5, 5.41) is 1.43. The van der Waals surface area contributed by atoms with Gasteiger partial charge in [0, 0.05) is 60.1 Å². The number of hydrogen-bond donors (Lipinski definition) is 0. The van der Waals surface area contributed by atoms with Crippen molar-refractivity contribution in [1.29, 1.82) is 0 Å². The predicted molar refractivity (Wildman–Crippen MR) is 117 cm³/mol. The number of aromatic nitrogens is 1. The molecule has 27 heavy (non-hydrogen) atoms. The van der Waals surface area contributed by atoms with Gasteiger partial charge in [-0.25, -0.2) is 0 Å². The van der Waals surface area contributed by atoms with Crippen LogP contribution >= 0.6 is 0 Å². The van der Waals surface area contributed by atoms with E-state index in [0.29, 0.717) is 0 Å². The number of nitrogens with zero attached hydrogens (tertiary/aromatic N) is 3. The Kier molecular flexibility index (Phi) is 4.55. The molecule has 0 aliphatic carbocycles. The van der Waals surface area contributed by atoms with Crippen LogP contribution in [0.1, 0.15) is 43.2 Å². The molecule has 0 N–H and O–H groups in total. The van der Waals surface area contributed by atoms with E-state index in [-0.39, 0.29) is 0 Å². The smallest absolute Gasteiger partial charge is 0.0659 e. The lowest BCUT2D eigenvalue weighted by Crippen LogP contribution is -2.30. The molecule has 0 amide bonds. The van der Waals surface area contributed by atoms with Crippen LogP contribution in [-0.2, 0) is 26.4 Å². The van der Waals surface area contributed by atoms with E-state index in [1.807, 2.05) is 13.8 Å². The summed E-state index contributed by atoms with van der Waals surface area (Å²) in [5.41, 5.74) is 10.5. The average Bonchev–Trinajstić information content (AvgIpc) is 2.94. The zero-order chi connectivity index (χ0) is 19.1. The summed E-state index contributed by atoms with van der Waals surface area (Å²) in [7, 11) is 2.21. The van der Waals surface area contributed by atoms with Crippen molar-refractivity contribution < 1.29 is 0 Å². The molecule has 3 heteroatoms. The predicted octanol–water partition coefficient (Wildman–Crippen LogP) is 5.72. The summed E-state index contributed by atoms with van der Waals surface area (Å²) in [4.78, 5) is 7.15. The molecule has 4 rings (SSSR count). The first-order valence-corrected chi connectivity index (χ1v) is 9.94. The van der Waals surface area contributed by atoms with Gasteiger partial charge in [0.05, 0.1) is 5.69 Å². The van der Waals surface area contributed by atoms with Crippen molar-refractivity contribution in [2.24, 2.45) is 12.0 Å². The lowest BCUT2D eigenvalue weighted by atomic mass is 10.0. The van der Waals surface area contributed by atoms with E-state index < -0.39 is 0 Å². The van der Waals surface area contributed by atoms with Crippen LogP contribution in [0, 0.1) is 6.92 Å². The van der Waals surface area contributed by atoms with Gasteiger partial charge in [-0.1, -0.05) is 13.0 Å². The van der Waals surface area contributed by atoms with Crippen molar-refractivity contribution in [3.8, 4) is 0 Å². The highest BCUT2D eigenvalue weighted by Crippen LogP contribution is 2.34. The maximum atomic E-state index is 4.64. The topological polar surface area (TPSA) is 20.5 Å². The summed E-state index contributed by atoms with van der Waals surface area (Å²) in [6, 6.07) is 13.6. The second-order valence-electron chi connectivity index (χ2n) is 7.89. The first-order valence-electron chi connectivity index (χ1n) is 9.94. The van der Waals surface area contributed by atoms with Gasteiger partial charge >= 0.3 is 0 Å². The van der Waals surface area contributed by atoms with Gasteiger partial charge in [0.25, 0.3) is 0 Å². The Labute approximate surface area is 162 Å². The van der Waals surface area contributed by atoms with Gasteiger partial charge in [-0.2, -0.15) is 0 Å². The SMILES string of the molecule is CCc1ccc2c(c1)c1c(n2C)CCN(c2ccc(N=C(C)C)c(C)c2)C1. The van der Waals surface area contributed by atoms with Crippen LogP contribution in [-0.4, -0.2) is 16.8 Å². The zero-order valence-corrected chi connectivity index (χ0v) is 17.1. The largest absolute Gasteiger partial charge is 0.367 e. The van der Waals surface area contributed by atoms with Gasteiger partial charge in [0.2, 0.25) is 0 Å². The Morgan fingerprint density at radius 3 is 2.63 bits per heavy atom. The van der Waals surface area contributed by atoms with Crippen molar-refractivity contribution in [3.63, 3.8) is 0 Å². The Hall–Kier alpha value is -2.55. The number of aliphatic imine (C=N–C) groups is 1. The Morgan fingerprint density at radius 1 is 1.11 bits per heavy atom. The highest BCUT2D eigenvalue weighted by molar-refractivity contribution is 5.87. The number of hydrogen-bond acceptors (Lipinski definition) is 2. The molecule has 0 fully saturated rings. The van der Waals surface area contributed by atoms with Gasteiger partial charge in [0.1, 0.15) is 0 Å². The fraction of sp³-hybridized carbons (Fsp3) is 0.375. The summed E-state index contributed by atoms with van der Waals surface area (Å²) >= 11 is 0. The Balaban J connectivity index is 1.71. The average molecular weight is 360 g/mol. The van der Waals surface area contributed by atoms with Crippen molar-refractivity contribution in [3.05, 3.63) is 58.8 Å². The first-order chi connectivity index (χ1) is 13.0. The number of anilines is 1. The van der Waals surface area contributed by atoms with E-state index in [9.17, 15) is 0 Å². The maximum Gasteiger partial charge on any atom is 0.0659 e. The van der Waals surface area contributed by atoms with E-state index in [0.717, 1.165) is 37.3 Å². The van der Waals surface area contributed by atoms with Crippen LogP contribution < -0.4 is 4.90 Å². The summed E-state index contributed by atoms with van der Waals surface area (Å²) in [6.07, 6.45) is 2.18. The first kappa shape index (κ1) is 17.8.